The van der Waals surface area contributed by atoms with Crippen LogP contribution in [0, 0.1) is 0 Å². The van der Waals surface area contributed by atoms with E-state index in [2.05, 4.69) is 10.2 Å². The lowest BCUT2D eigenvalue weighted by atomic mass is 10.4. The van der Waals surface area contributed by atoms with Crippen molar-refractivity contribution in [2.24, 2.45) is 0 Å². The number of thiophene rings is 1. The minimum Gasteiger partial charge on any atom is -0.454 e. The van der Waals surface area contributed by atoms with Crippen molar-refractivity contribution in [3.63, 3.8) is 0 Å². The molecule has 29 heavy (non-hydrogen) atoms. The van der Waals surface area contributed by atoms with Crippen LogP contribution in [0.2, 0.25) is 0 Å². The second-order valence-electron chi connectivity index (χ2n) is 6.33. The van der Waals surface area contributed by atoms with Gasteiger partial charge in [-0.25, -0.2) is 0 Å². The quantitative estimate of drug-likeness (QED) is 0.438. The average molecular weight is 420 g/mol. The highest BCUT2D eigenvalue weighted by Crippen LogP contribution is 2.23. The van der Waals surface area contributed by atoms with Gasteiger partial charge in [-0.05, 0) is 17.9 Å². The van der Waals surface area contributed by atoms with Crippen molar-refractivity contribution in [1.29, 1.82) is 0 Å². The minimum atomic E-state index is -0.809. The Kier molecular flexibility index (Phi) is 6.70. The van der Waals surface area contributed by atoms with Gasteiger partial charge in [-0.2, -0.15) is 0 Å². The van der Waals surface area contributed by atoms with Crippen LogP contribution in [-0.4, -0.2) is 63.4 Å². The zero-order chi connectivity index (χ0) is 20.8. The lowest BCUT2D eigenvalue weighted by Gasteiger charge is -2.20. The molecule has 10 nitrogen and oxygen atoms in total. The molecule has 11 heteroatoms. The SMILES string of the molecule is CCCN(Cc1nnc(-c2cccs2)o1)C(=O)COC(=O)CN1C(=O)CCC1=O. The molecule has 3 amide bonds. The largest absolute Gasteiger partial charge is 0.454 e. The summed E-state index contributed by atoms with van der Waals surface area (Å²) in [5.74, 6) is -1.42. The van der Waals surface area contributed by atoms with Crippen LogP contribution in [0.25, 0.3) is 10.8 Å². The van der Waals surface area contributed by atoms with Crippen LogP contribution in [0.5, 0.6) is 0 Å². The Labute approximate surface area is 170 Å². The van der Waals surface area contributed by atoms with E-state index >= 15 is 0 Å². The molecule has 0 aliphatic carbocycles. The molecule has 0 atom stereocenters. The summed E-state index contributed by atoms with van der Waals surface area (Å²) in [6.45, 7) is 1.43. The Morgan fingerprint density at radius 2 is 2.03 bits per heavy atom. The fourth-order valence-corrected chi connectivity index (χ4v) is 3.39. The number of aromatic nitrogens is 2. The second kappa shape index (κ2) is 9.41. The van der Waals surface area contributed by atoms with Gasteiger partial charge in [-0.3, -0.25) is 24.1 Å². The van der Waals surface area contributed by atoms with E-state index < -0.39 is 36.8 Å². The predicted molar refractivity (Wildman–Crippen MR) is 100 cm³/mol. The summed E-state index contributed by atoms with van der Waals surface area (Å²) in [7, 11) is 0. The van der Waals surface area contributed by atoms with Gasteiger partial charge in [-0.15, -0.1) is 21.5 Å². The molecule has 0 N–H and O–H groups in total. The lowest BCUT2D eigenvalue weighted by Crippen LogP contribution is -2.38. The van der Waals surface area contributed by atoms with E-state index in [1.54, 1.807) is 0 Å². The molecule has 3 heterocycles. The summed E-state index contributed by atoms with van der Waals surface area (Å²) in [5.41, 5.74) is 0. The molecule has 0 bridgehead atoms. The highest BCUT2D eigenvalue weighted by Gasteiger charge is 2.31. The zero-order valence-electron chi connectivity index (χ0n) is 15.8. The van der Waals surface area contributed by atoms with Crippen molar-refractivity contribution in [3.8, 4) is 10.8 Å². The number of hydrogen-bond acceptors (Lipinski definition) is 9. The molecule has 0 radical (unpaired) electrons. The van der Waals surface area contributed by atoms with Crippen molar-refractivity contribution in [2.75, 3.05) is 19.7 Å². The summed E-state index contributed by atoms with van der Waals surface area (Å²) in [6.07, 6.45) is 0.863. The maximum Gasteiger partial charge on any atom is 0.326 e. The van der Waals surface area contributed by atoms with Crippen LogP contribution in [0.15, 0.2) is 21.9 Å². The van der Waals surface area contributed by atoms with Crippen molar-refractivity contribution < 1.29 is 28.3 Å². The minimum absolute atomic E-state index is 0.0890. The van der Waals surface area contributed by atoms with Gasteiger partial charge in [0.25, 0.3) is 11.8 Å². The molecule has 3 rings (SSSR count). The number of likely N-dealkylation sites (tertiary alicyclic amines) is 1. The van der Waals surface area contributed by atoms with Gasteiger partial charge >= 0.3 is 5.97 Å². The Balaban J connectivity index is 1.53. The molecule has 0 aromatic carbocycles. The van der Waals surface area contributed by atoms with E-state index in [1.807, 2.05) is 24.4 Å². The molecule has 0 saturated carbocycles. The number of carbonyl (C=O) groups excluding carboxylic acids is 4. The van der Waals surface area contributed by atoms with E-state index in [9.17, 15) is 19.2 Å². The Morgan fingerprint density at radius 3 is 2.69 bits per heavy atom. The highest BCUT2D eigenvalue weighted by molar-refractivity contribution is 7.13. The van der Waals surface area contributed by atoms with Crippen LogP contribution in [0.4, 0.5) is 0 Å². The summed E-state index contributed by atoms with van der Waals surface area (Å²) < 4.78 is 10.5. The van der Waals surface area contributed by atoms with Gasteiger partial charge in [0.15, 0.2) is 6.61 Å². The first-order chi connectivity index (χ1) is 14.0. The topological polar surface area (TPSA) is 123 Å². The highest BCUT2D eigenvalue weighted by atomic mass is 32.1. The first kappa shape index (κ1) is 20.6. The zero-order valence-corrected chi connectivity index (χ0v) is 16.6. The third-order valence-electron chi connectivity index (χ3n) is 4.17. The normalized spacial score (nSPS) is 13.8. The molecular formula is C18H20N4O6S. The standard InChI is InChI=1S/C18H20N4O6S/c1-2-7-21(9-13-19-20-18(28-13)12-4-3-8-29-12)16(25)11-27-17(26)10-22-14(23)5-6-15(22)24/h3-4,8H,2,5-7,9-11H2,1H3. The number of esters is 1. The summed E-state index contributed by atoms with van der Waals surface area (Å²) in [4.78, 5) is 50.6. The molecule has 0 spiro atoms. The van der Waals surface area contributed by atoms with Crippen molar-refractivity contribution in [1.82, 2.24) is 20.0 Å². The fraction of sp³-hybridized carbons (Fsp3) is 0.444. The van der Waals surface area contributed by atoms with Crippen LogP contribution in [-0.2, 0) is 30.5 Å². The first-order valence-corrected chi connectivity index (χ1v) is 9.98. The van der Waals surface area contributed by atoms with Gasteiger partial charge in [-0.1, -0.05) is 13.0 Å². The van der Waals surface area contributed by atoms with E-state index in [0.29, 0.717) is 18.9 Å². The molecule has 1 fully saturated rings. The van der Waals surface area contributed by atoms with Crippen molar-refractivity contribution in [2.45, 2.75) is 32.7 Å². The molecule has 2 aromatic rings. The third kappa shape index (κ3) is 5.25. The lowest BCUT2D eigenvalue weighted by molar-refractivity contribution is -0.156. The van der Waals surface area contributed by atoms with Gasteiger partial charge < -0.3 is 14.1 Å². The molecule has 154 valence electrons. The van der Waals surface area contributed by atoms with E-state index in [1.165, 1.54) is 16.2 Å². The van der Waals surface area contributed by atoms with Crippen LogP contribution >= 0.6 is 11.3 Å². The van der Waals surface area contributed by atoms with Crippen LogP contribution in [0.1, 0.15) is 32.1 Å². The van der Waals surface area contributed by atoms with Crippen LogP contribution < -0.4 is 0 Å². The monoisotopic (exact) mass is 420 g/mol. The van der Waals surface area contributed by atoms with Gasteiger partial charge in [0.2, 0.25) is 17.7 Å². The number of rotatable bonds is 9. The molecular weight excluding hydrogens is 400 g/mol. The van der Waals surface area contributed by atoms with E-state index in [-0.39, 0.29) is 25.3 Å². The number of amides is 3. The first-order valence-electron chi connectivity index (χ1n) is 9.10. The maximum absolute atomic E-state index is 12.5. The number of carbonyl (C=O) groups is 4. The summed E-state index contributed by atoms with van der Waals surface area (Å²) >= 11 is 1.46. The van der Waals surface area contributed by atoms with Crippen LogP contribution in [0.3, 0.4) is 0 Å². The number of nitrogens with zero attached hydrogens (tertiary/aromatic N) is 4. The number of imide groups is 1. The second-order valence-corrected chi connectivity index (χ2v) is 7.28. The summed E-state index contributed by atoms with van der Waals surface area (Å²) in [5, 5.41) is 9.83. The molecule has 1 aliphatic heterocycles. The Morgan fingerprint density at radius 1 is 1.28 bits per heavy atom. The van der Waals surface area contributed by atoms with Gasteiger partial charge in [0.1, 0.15) is 6.54 Å². The molecule has 0 unspecified atom stereocenters. The van der Waals surface area contributed by atoms with E-state index in [4.69, 9.17) is 9.15 Å². The fourth-order valence-electron chi connectivity index (χ4n) is 2.75. The van der Waals surface area contributed by atoms with E-state index in [0.717, 1.165) is 9.78 Å². The smallest absolute Gasteiger partial charge is 0.326 e. The summed E-state index contributed by atoms with van der Waals surface area (Å²) in [6, 6.07) is 3.72. The molecule has 2 aromatic heterocycles. The molecule has 1 saturated heterocycles. The van der Waals surface area contributed by atoms with Gasteiger partial charge in [0.05, 0.1) is 11.4 Å². The maximum atomic E-state index is 12.5. The third-order valence-corrected chi connectivity index (χ3v) is 5.03. The van der Waals surface area contributed by atoms with Gasteiger partial charge in [0, 0.05) is 19.4 Å². The molecule has 1 aliphatic rings. The number of ether oxygens (including phenoxy) is 1. The van der Waals surface area contributed by atoms with Crippen molar-refractivity contribution in [3.05, 3.63) is 23.4 Å². The number of hydrogen-bond donors (Lipinski definition) is 0. The Bertz CT molecular complexity index is 878. The average Bonchev–Trinajstić information content (AvgIpc) is 3.44. The Hall–Kier alpha value is -3.08. The predicted octanol–water partition coefficient (Wildman–Crippen LogP) is 1.23. The van der Waals surface area contributed by atoms with Crippen molar-refractivity contribution >= 4 is 35.0 Å².